The molecular formula is C57H92O6. The lowest BCUT2D eigenvalue weighted by Crippen LogP contribution is -2.30. The molecule has 0 radical (unpaired) electrons. The third-order valence-electron chi connectivity index (χ3n) is 10.2. The minimum absolute atomic E-state index is 0.112. The van der Waals surface area contributed by atoms with E-state index in [-0.39, 0.29) is 37.5 Å². The van der Waals surface area contributed by atoms with Crippen LogP contribution in [0.2, 0.25) is 0 Å². The van der Waals surface area contributed by atoms with E-state index in [0.717, 1.165) is 116 Å². The second-order valence-electron chi connectivity index (χ2n) is 16.3. The predicted molar refractivity (Wildman–Crippen MR) is 270 cm³/mol. The summed E-state index contributed by atoms with van der Waals surface area (Å²) in [4.78, 5) is 37.9. The zero-order valence-electron chi connectivity index (χ0n) is 40.5. The number of unbranched alkanes of at least 4 members (excludes halogenated alkanes) is 15. The molecule has 0 aromatic carbocycles. The molecule has 0 saturated heterocycles. The molecule has 1 atom stereocenters. The molecule has 0 aliphatic rings. The quantitative estimate of drug-likeness (QED) is 0.0263. The Morgan fingerprint density at radius 3 is 1.08 bits per heavy atom. The maximum absolute atomic E-state index is 12.8. The fraction of sp³-hybridized carbons (Fsp3) is 0.632. The fourth-order valence-electron chi connectivity index (χ4n) is 6.39. The SMILES string of the molecule is CC/C=C\C/C=C\C/C=C\C/C=C\CCCCC(=O)O[C@@H](COC(=O)CCCCC/C=C\C/C=C\C/C=C\C/C=C\CCCCC)COC(=O)CCCCCCC/C=C\CCCC. The Bertz CT molecular complexity index is 1330. The Labute approximate surface area is 387 Å². The zero-order valence-corrected chi connectivity index (χ0v) is 40.5. The van der Waals surface area contributed by atoms with Crippen LogP contribution >= 0.6 is 0 Å². The smallest absolute Gasteiger partial charge is 0.306 e. The number of allylic oxidation sites excluding steroid dienone is 18. The van der Waals surface area contributed by atoms with Crippen LogP contribution in [0.3, 0.4) is 0 Å². The lowest BCUT2D eigenvalue weighted by Gasteiger charge is -2.18. The second-order valence-corrected chi connectivity index (χ2v) is 16.3. The summed E-state index contributed by atoms with van der Waals surface area (Å²) >= 11 is 0. The highest BCUT2D eigenvalue weighted by Gasteiger charge is 2.19. The lowest BCUT2D eigenvalue weighted by atomic mass is 10.1. The van der Waals surface area contributed by atoms with Crippen LogP contribution in [-0.2, 0) is 28.6 Å². The first-order valence-corrected chi connectivity index (χ1v) is 25.4. The maximum Gasteiger partial charge on any atom is 0.306 e. The molecule has 0 aromatic heterocycles. The van der Waals surface area contributed by atoms with E-state index in [4.69, 9.17) is 14.2 Å². The predicted octanol–water partition coefficient (Wildman–Crippen LogP) is 16.8. The lowest BCUT2D eigenvalue weighted by molar-refractivity contribution is -0.167. The van der Waals surface area contributed by atoms with Gasteiger partial charge in [0.25, 0.3) is 0 Å². The molecule has 6 heteroatoms. The van der Waals surface area contributed by atoms with Crippen molar-refractivity contribution in [3.8, 4) is 0 Å². The van der Waals surface area contributed by atoms with Crippen molar-refractivity contribution in [2.45, 2.75) is 219 Å². The zero-order chi connectivity index (χ0) is 45.8. The van der Waals surface area contributed by atoms with Gasteiger partial charge in [0, 0.05) is 19.3 Å². The van der Waals surface area contributed by atoms with E-state index in [1.54, 1.807) is 0 Å². The molecule has 0 heterocycles. The first-order valence-electron chi connectivity index (χ1n) is 25.4. The van der Waals surface area contributed by atoms with Crippen molar-refractivity contribution in [3.63, 3.8) is 0 Å². The second kappa shape index (κ2) is 50.7. The molecule has 0 unspecified atom stereocenters. The first kappa shape index (κ1) is 59.1. The Hall–Kier alpha value is -3.93. The molecule has 0 aromatic rings. The molecule has 0 bridgehead atoms. The number of carbonyl (C=O) groups is 3. The van der Waals surface area contributed by atoms with Crippen LogP contribution in [0.5, 0.6) is 0 Å². The van der Waals surface area contributed by atoms with E-state index in [1.807, 2.05) is 0 Å². The molecule has 6 nitrogen and oxygen atoms in total. The van der Waals surface area contributed by atoms with Gasteiger partial charge in [0.05, 0.1) is 0 Å². The standard InChI is InChI=1S/C57H92O6/c1-4-7-10-13-16-19-22-24-26-27-28-29-31-32-35-38-41-44-47-50-56(59)62-53-54(52-61-55(58)49-46-43-40-37-34-21-18-15-12-9-6-3)63-57(60)51-48-45-42-39-36-33-30-25-23-20-17-14-11-8-5-2/h8,11,15-20,24-26,28-30,32,35-36,39,54H,4-7,9-10,12-14,21-23,27,31,33-34,37-38,40-53H2,1-3H3/b11-8-,18-15-,19-16-,20-17-,26-24-,29-28-,30-25-,35-32-,39-36-/t54-/m1/s1. The molecule has 0 aliphatic carbocycles. The van der Waals surface area contributed by atoms with Crippen molar-refractivity contribution in [2.24, 2.45) is 0 Å². The number of esters is 3. The number of carbonyl (C=O) groups excluding carboxylic acids is 3. The van der Waals surface area contributed by atoms with Crippen molar-refractivity contribution in [2.75, 3.05) is 13.2 Å². The summed E-state index contributed by atoms with van der Waals surface area (Å²) in [6.45, 7) is 6.36. The van der Waals surface area contributed by atoms with Gasteiger partial charge in [-0.05, 0) is 122 Å². The molecule has 0 fully saturated rings. The van der Waals surface area contributed by atoms with Crippen LogP contribution in [-0.4, -0.2) is 37.2 Å². The summed E-state index contributed by atoms with van der Waals surface area (Å²) in [6, 6.07) is 0. The third-order valence-corrected chi connectivity index (χ3v) is 10.2. The number of ether oxygens (including phenoxy) is 3. The summed E-state index contributed by atoms with van der Waals surface area (Å²) < 4.78 is 16.7. The highest BCUT2D eigenvalue weighted by atomic mass is 16.6. The highest BCUT2D eigenvalue weighted by Crippen LogP contribution is 2.12. The van der Waals surface area contributed by atoms with Crippen molar-refractivity contribution in [3.05, 3.63) is 109 Å². The van der Waals surface area contributed by atoms with Crippen LogP contribution in [0.25, 0.3) is 0 Å². The summed E-state index contributed by atoms with van der Waals surface area (Å²) in [5, 5.41) is 0. The summed E-state index contributed by atoms with van der Waals surface area (Å²) in [6.07, 6.45) is 67.9. The van der Waals surface area contributed by atoms with E-state index in [1.165, 1.54) is 51.4 Å². The van der Waals surface area contributed by atoms with Gasteiger partial charge in [-0.1, -0.05) is 182 Å². The molecule has 63 heavy (non-hydrogen) atoms. The molecule has 0 saturated carbocycles. The molecule has 0 amide bonds. The fourth-order valence-corrected chi connectivity index (χ4v) is 6.39. The number of hydrogen-bond donors (Lipinski definition) is 0. The number of hydrogen-bond acceptors (Lipinski definition) is 6. The summed E-state index contributed by atoms with van der Waals surface area (Å²) in [5.74, 6) is -1.00. The van der Waals surface area contributed by atoms with E-state index in [0.29, 0.717) is 19.3 Å². The minimum Gasteiger partial charge on any atom is -0.462 e. The van der Waals surface area contributed by atoms with Gasteiger partial charge in [-0.25, -0.2) is 0 Å². The topological polar surface area (TPSA) is 78.9 Å². The maximum atomic E-state index is 12.8. The van der Waals surface area contributed by atoms with Crippen LogP contribution < -0.4 is 0 Å². The molecule has 0 N–H and O–H groups in total. The van der Waals surface area contributed by atoms with Gasteiger partial charge in [-0.2, -0.15) is 0 Å². The van der Waals surface area contributed by atoms with Gasteiger partial charge in [0.2, 0.25) is 0 Å². The molecular weight excluding hydrogens is 781 g/mol. The summed E-state index contributed by atoms with van der Waals surface area (Å²) in [7, 11) is 0. The Balaban J connectivity index is 4.51. The largest absolute Gasteiger partial charge is 0.462 e. The van der Waals surface area contributed by atoms with Crippen molar-refractivity contribution >= 4 is 17.9 Å². The van der Waals surface area contributed by atoms with E-state index in [2.05, 4.69) is 130 Å². The van der Waals surface area contributed by atoms with E-state index < -0.39 is 6.10 Å². The van der Waals surface area contributed by atoms with E-state index >= 15 is 0 Å². The van der Waals surface area contributed by atoms with Gasteiger partial charge < -0.3 is 14.2 Å². The summed E-state index contributed by atoms with van der Waals surface area (Å²) in [5.41, 5.74) is 0. The molecule has 0 spiro atoms. The van der Waals surface area contributed by atoms with Gasteiger partial charge in [0.15, 0.2) is 6.10 Å². The monoisotopic (exact) mass is 873 g/mol. The van der Waals surface area contributed by atoms with Crippen LogP contribution in [0, 0.1) is 0 Å². The Morgan fingerprint density at radius 1 is 0.333 bits per heavy atom. The van der Waals surface area contributed by atoms with E-state index in [9.17, 15) is 14.4 Å². The Kier molecular flexibility index (Phi) is 47.5. The van der Waals surface area contributed by atoms with Crippen molar-refractivity contribution in [1.82, 2.24) is 0 Å². The van der Waals surface area contributed by atoms with Crippen LogP contribution in [0.1, 0.15) is 213 Å². The number of rotatable bonds is 44. The minimum atomic E-state index is -0.817. The first-order chi connectivity index (χ1) is 31.0. The van der Waals surface area contributed by atoms with Gasteiger partial charge in [-0.3, -0.25) is 14.4 Å². The van der Waals surface area contributed by atoms with Gasteiger partial charge in [-0.15, -0.1) is 0 Å². The molecule has 0 rings (SSSR count). The highest BCUT2D eigenvalue weighted by molar-refractivity contribution is 5.71. The molecule has 0 aliphatic heterocycles. The Morgan fingerprint density at radius 2 is 0.635 bits per heavy atom. The van der Waals surface area contributed by atoms with Crippen molar-refractivity contribution < 1.29 is 28.6 Å². The van der Waals surface area contributed by atoms with Gasteiger partial charge >= 0.3 is 17.9 Å². The average Bonchev–Trinajstić information content (AvgIpc) is 3.28. The molecule has 356 valence electrons. The average molecular weight is 873 g/mol. The van der Waals surface area contributed by atoms with Crippen LogP contribution in [0.4, 0.5) is 0 Å². The third kappa shape index (κ3) is 49.0. The van der Waals surface area contributed by atoms with Gasteiger partial charge in [0.1, 0.15) is 13.2 Å². The normalized spacial score (nSPS) is 13.0. The van der Waals surface area contributed by atoms with Crippen molar-refractivity contribution in [1.29, 1.82) is 0 Å². The van der Waals surface area contributed by atoms with Crippen LogP contribution in [0.15, 0.2) is 109 Å².